The molecular formula is C22H24FN3O2S. The van der Waals surface area contributed by atoms with E-state index >= 15 is 0 Å². The van der Waals surface area contributed by atoms with E-state index in [9.17, 15) is 4.39 Å². The molecule has 0 unspecified atom stereocenters. The van der Waals surface area contributed by atoms with Gasteiger partial charge in [-0.2, -0.15) is 4.98 Å². The van der Waals surface area contributed by atoms with Gasteiger partial charge in [0.1, 0.15) is 22.2 Å². The van der Waals surface area contributed by atoms with E-state index in [2.05, 4.69) is 11.8 Å². The van der Waals surface area contributed by atoms with Gasteiger partial charge in [-0.15, -0.1) is 11.3 Å². The zero-order valence-corrected chi connectivity index (χ0v) is 17.3. The number of fused-ring (bicyclic) bond motifs is 3. The zero-order chi connectivity index (χ0) is 19.8. The molecule has 1 fully saturated rings. The SMILES string of the molecule is C[C@@H]1CCc2c(sc3nc(CN4CCOCC4)nc(Oc4cccc(F)c4)c23)C1. The fourth-order valence-corrected chi connectivity index (χ4v) is 5.49. The minimum atomic E-state index is -0.317. The van der Waals surface area contributed by atoms with Crippen molar-refractivity contribution in [2.24, 2.45) is 5.92 Å². The first-order chi connectivity index (χ1) is 14.2. The number of rotatable bonds is 4. The molecule has 3 heterocycles. The van der Waals surface area contributed by atoms with Crippen molar-refractivity contribution in [2.75, 3.05) is 26.3 Å². The van der Waals surface area contributed by atoms with Crippen LogP contribution in [0.5, 0.6) is 11.6 Å². The molecule has 29 heavy (non-hydrogen) atoms. The summed E-state index contributed by atoms with van der Waals surface area (Å²) in [6.07, 6.45) is 3.25. The first-order valence-electron chi connectivity index (χ1n) is 10.2. The second-order valence-electron chi connectivity index (χ2n) is 7.92. The summed E-state index contributed by atoms with van der Waals surface area (Å²) < 4.78 is 25.3. The van der Waals surface area contributed by atoms with E-state index in [1.54, 1.807) is 23.5 Å². The molecule has 3 aromatic rings. The minimum absolute atomic E-state index is 0.317. The van der Waals surface area contributed by atoms with Crippen LogP contribution < -0.4 is 4.74 Å². The molecule has 5 nitrogen and oxygen atoms in total. The Labute approximate surface area is 173 Å². The maximum Gasteiger partial charge on any atom is 0.231 e. The third-order valence-corrected chi connectivity index (χ3v) is 6.80. The Bertz CT molecular complexity index is 1030. The molecule has 1 aliphatic carbocycles. The minimum Gasteiger partial charge on any atom is -0.438 e. The number of hydrogen-bond acceptors (Lipinski definition) is 6. The van der Waals surface area contributed by atoms with Gasteiger partial charge in [0.15, 0.2) is 0 Å². The summed E-state index contributed by atoms with van der Waals surface area (Å²) in [5.74, 6) is 2.13. The third-order valence-electron chi connectivity index (χ3n) is 5.65. The average Bonchev–Trinajstić information content (AvgIpc) is 3.06. The highest BCUT2D eigenvalue weighted by Gasteiger charge is 2.25. The molecule has 0 radical (unpaired) electrons. The number of nitrogens with zero attached hydrogens (tertiary/aromatic N) is 3. The van der Waals surface area contributed by atoms with Crippen LogP contribution in [0.1, 0.15) is 29.6 Å². The van der Waals surface area contributed by atoms with E-state index in [-0.39, 0.29) is 5.82 Å². The highest BCUT2D eigenvalue weighted by molar-refractivity contribution is 7.18. The van der Waals surface area contributed by atoms with Crippen molar-refractivity contribution in [1.29, 1.82) is 0 Å². The zero-order valence-electron chi connectivity index (χ0n) is 16.5. The fraction of sp³-hybridized carbons (Fsp3) is 0.455. The van der Waals surface area contributed by atoms with Crippen LogP contribution in [0.15, 0.2) is 24.3 Å². The number of halogens is 1. The first kappa shape index (κ1) is 18.9. The largest absolute Gasteiger partial charge is 0.438 e. The molecule has 152 valence electrons. The Morgan fingerprint density at radius 1 is 1.28 bits per heavy atom. The van der Waals surface area contributed by atoms with Gasteiger partial charge in [-0.25, -0.2) is 9.37 Å². The molecule has 0 N–H and O–H groups in total. The van der Waals surface area contributed by atoms with E-state index in [0.29, 0.717) is 24.1 Å². The van der Waals surface area contributed by atoms with Gasteiger partial charge in [-0.3, -0.25) is 4.90 Å². The lowest BCUT2D eigenvalue weighted by atomic mass is 9.89. The Morgan fingerprint density at radius 2 is 2.14 bits per heavy atom. The number of hydrogen-bond donors (Lipinski definition) is 0. The number of benzene rings is 1. The molecule has 0 bridgehead atoms. The number of thiophene rings is 1. The molecule has 1 aromatic carbocycles. The predicted octanol–water partition coefficient (Wildman–Crippen LogP) is 4.58. The van der Waals surface area contributed by atoms with Crippen LogP contribution in [-0.2, 0) is 24.1 Å². The molecule has 0 saturated carbocycles. The van der Waals surface area contributed by atoms with Crippen LogP contribution in [0.25, 0.3) is 10.2 Å². The van der Waals surface area contributed by atoms with Gasteiger partial charge >= 0.3 is 0 Å². The lowest BCUT2D eigenvalue weighted by Crippen LogP contribution is -2.36. The van der Waals surface area contributed by atoms with E-state index in [1.165, 1.54) is 22.6 Å². The summed E-state index contributed by atoms with van der Waals surface area (Å²) >= 11 is 1.76. The lowest BCUT2D eigenvalue weighted by molar-refractivity contribution is 0.0330. The van der Waals surface area contributed by atoms with Crippen LogP contribution in [0.4, 0.5) is 4.39 Å². The Balaban J connectivity index is 1.56. The molecule has 2 aromatic heterocycles. The summed E-state index contributed by atoms with van der Waals surface area (Å²) in [5, 5.41) is 1.01. The van der Waals surface area contributed by atoms with E-state index in [1.807, 2.05) is 0 Å². The van der Waals surface area contributed by atoms with Gasteiger partial charge in [-0.05, 0) is 42.9 Å². The Morgan fingerprint density at radius 3 is 2.97 bits per heavy atom. The van der Waals surface area contributed by atoms with Crippen molar-refractivity contribution in [3.05, 3.63) is 46.3 Å². The van der Waals surface area contributed by atoms with Crippen molar-refractivity contribution in [3.8, 4) is 11.6 Å². The number of morpholine rings is 1. The molecule has 1 aliphatic heterocycles. The van der Waals surface area contributed by atoms with Gasteiger partial charge < -0.3 is 9.47 Å². The van der Waals surface area contributed by atoms with Crippen molar-refractivity contribution in [1.82, 2.24) is 14.9 Å². The molecular weight excluding hydrogens is 389 g/mol. The standard InChI is InChI=1S/C22H24FN3O2S/c1-14-5-6-17-18(11-14)29-22-20(17)21(28-16-4-2-3-15(23)12-16)24-19(25-22)13-26-7-9-27-10-8-26/h2-4,12,14H,5-11,13H2,1H3/t14-/m1/s1. The molecule has 0 amide bonds. The summed E-state index contributed by atoms with van der Waals surface area (Å²) in [4.78, 5) is 14.3. The second-order valence-corrected chi connectivity index (χ2v) is 9.01. The summed E-state index contributed by atoms with van der Waals surface area (Å²) in [5.41, 5.74) is 1.31. The second kappa shape index (κ2) is 7.97. The van der Waals surface area contributed by atoms with E-state index < -0.39 is 0 Å². The van der Waals surface area contributed by atoms with Crippen LogP contribution in [0.3, 0.4) is 0 Å². The number of aromatic nitrogens is 2. The number of aryl methyl sites for hydroxylation is 1. The highest BCUT2D eigenvalue weighted by Crippen LogP contribution is 2.42. The molecule has 7 heteroatoms. The average molecular weight is 414 g/mol. The van der Waals surface area contributed by atoms with E-state index in [0.717, 1.165) is 61.6 Å². The maximum atomic E-state index is 13.7. The van der Waals surface area contributed by atoms with Gasteiger partial charge in [-0.1, -0.05) is 13.0 Å². The smallest absolute Gasteiger partial charge is 0.231 e. The quantitative estimate of drug-likeness (QED) is 0.627. The van der Waals surface area contributed by atoms with Crippen molar-refractivity contribution in [3.63, 3.8) is 0 Å². The van der Waals surface area contributed by atoms with Crippen molar-refractivity contribution in [2.45, 2.75) is 32.7 Å². The van der Waals surface area contributed by atoms with Crippen LogP contribution in [-0.4, -0.2) is 41.2 Å². The number of ether oxygens (including phenoxy) is 2. The molecule has 0 spiro atoms. The molecule has 1 atom stereocenters. The maximum absolute atomic E-state index is 13.7. The Kier molecular flexibility index (Phi) is 5.20. The van der Waals surface area contributed by atoms with E-state index in [4.69, 9.17) is 19.4 Å². The predicted molar refractivity (Wildman–Crippen MR) is 111 cm³/mol. The van der Waals surface area contributed by atoms with Crippen molar-refractivity contribution < 1.29 is 13.9 Å². The molecule has 2 aliphatic rings. The highest BCUT2D eigenvalue weighted by atomic mass is 32.1. The summed E-state index contributed by atoms with van der Waals surface area (Å²) in [7, 11) is 0. The Hall–Kier alpha value is -2.09. The summed E-state index contributed by atoms with van der Waals surface area (Å²) in [6.45, 7) is 6.19. The summed E-state index contributed by atoms with van der Waals surface area (Å²) in [6, 6.07) is 6.23. The third kappa shape index (κ3) is 3.99. The van der Waals surface area contributed by atoms with Crippen molar-refractivity contribution >= 4 is 21.6 Å². The van der Waals surface area contributed by atoms with Crippen LogP contribution >= 0.6 is 11.3 Å². The lowest BCUT2D eigenvalue weighted by Gasteiger charge is -2.25. The monoisotopic (exact) mass is 413 g/mol. The fourth-order valence-electron chi connectivity index (χ4n) is 4.10. The van der Waals surface area contributed by atoms with Crippen LogP contribution in [0, 0.1) is 11.7 Å². The topological polar surface area (TPSA) is 47.5 Å². The van der Waals surface area contributed by atoms with Crippen LogP contribution in [0.2, 0.25) is 0 Å². The first-order valence-corrected chi connectivity index (χ1v) is 11.0. The van der Waals surface area contributed by atoms with Gasteiger partial charge in [0, 0.05) is 24.0 Å². The van der Waals surface area contributed by atoms with Gasteiger partial charge in [0.25, 0.3) is 0 Å². The van der Waals surface area contributed by atoms with Gasteiger partial charge in [0.2, 0.25) is 5.88 Å². The molecule has 5 rings (SSSR count). The normalized spacial score (nSPS) is 20.0. The van der Waals surface area contributed by atoms with Gasteiger partial charge in [0.05, 0.1) is 25.1 Å². The molecule has 1 saturated heterocycles.